The van der Waals surface area contributed by atoms with Gasteiger partial charge >= 0.3 is 0 Å². The van der Waals surface area contributed by atoms with Crippen LogP contribution in [0.2, 0.25) is 37.9 Å². The molecule has 2 aliphatic rings. The summed E-state index contributed by atoms with van der Waals surface area (Å²) in [5, 5.41) is 12.1. The average molecular weight is 373 g/mol. The third kappa shape index (κ3) is 9.41. The quantitative estimate of drug-likeness (QED) is 0.451. The van der Waals surface area contributed by atoms with Gasteiger partial charge in [0.1, 0.15) is 27.6 Å². The summed E-state index contributed by atoms with van der Waals surface area (Å²) in [6, 6.07) is 0. The van der Waals surface area contributed by atoms with Crippen molar-refractivity contribution in [1.82, 2.24) is 16.0 Å². The Morgan fingerprint density at radius 1 is 0.889 bits per heavy atom. The van der Waals surface area contributed by atoms with E-state index < -0.39 is 0 Å². The first-order valence-corrected chi connectivity index (χ1v) is 12.6. The third-order valence-corrected chi connectivity index (χ3v) is 6.81. The first-order valence-electron chi connectivity index (χ1n) is 12.6. The summed E-state index contributed by atoms with van der Waals surface area (Å²) >= 11 is 0. The molecular weight excluding hydrogens is 327 g/mol. The van der Waals surface area contributed by atoms with Gasteiger partial charge in [-0.3, -0.25) is 16.0 Å². The third-order valence-electron chi connectivity index (χ3n) is 6.81. The van der Waals surface area contributed by atoms with Crippen LogP contribution >= 0.6 is 0 Å². The predicted octanol–water partition coefficient (Wildman–Crippen LogP) is 3.40. The number of unbranched alkanes of at least 4 members (excludes halogenated alkanes) is 1. The molecule has 0 saturated carbocycles. The minimum atomic E-state index is -0.0158. The predicted molar refractivity (Wildman–Crippen MR) is 128 cm³/mol. The van der Waals surface area contributed by atoms with E-state index in [2.05, 4.69) is 22.9 Å². The molecule has 0 amide bonds. The zero-order valence-corrected chi connectivity index (χ0v) is 18.4. The van der Waals surface area contributed by atoms with Crippen molar-refractivity contribution in [2.24, 2.45) is 5.92 Å². The number of nitrogens with one attached hydrogen (secondary N) is 3. The van der Waals surface area contributed by atoms with Gasteiger partial charge in [-0.15, -0.1) is 0 Å². The van der Waals surface area contributed by atoms with Crippen molar-refractivity contribution in [3.05, 3.63) is 0 Å². The van der Waals surface area contributed by atoms with Crippen LogP contribution in [0.5, 0.6) is 0 Å². The lowest BCUT2D eigenvalue weighted by Gasteiger charge is -2.45. The Kier molecular flexibility index (Phi) is 13.0. The van der Waals surface area contributed by atoms with Crippen LogP contribution in [0.25, 0.3) is 0 Å². The zero-order chi connectivity index (χ0) is 19.0. The van der Waals surface area contributed by atoms with Gasteiger partial charge in [0.2, 0.25) is 0 Å². The SMILES string of the molecule is CCCCBCCCNC12NCCCBCCCC1CCCBCCCN2. The molecule has 2 rings (SSSR count). The van der Waals surface area contributed by atoms with Crippen LogP contribution in [0.3, 0.4) is 0 Å². The van der Waals surface area contributed by atoms with E-state index in [9.17, 15) is 0 Å². The highest BCUT2D eigenvalue weighted by Gasteiger charge is 2.37. The topological polar surface area (TPSA) is 36.1 Å². The number of hydrogen-bond donors (Lipinski definition) is 3. The van der Waals surface area contributed by atoms with Crippen LogP contribution in [0.4, 0.5) is 0 Å². The van der Waals surface area contributed by atoms with Gasteiger partial charge in [0.25, 0.3) is 0 Å². The summed E-state index contributed by atoms with van der Waals surface area (Å²) in [5.74, 6) is 0.715. The summed E-state index contributed by atoms with van der Waals surface area (Å²) < 4.78 is 0. The van der Waals surface area contributed by atoms with Crippen molar-refractivity contribution in [2.75, 3.05) is 19.6 Å². The van der Waals surface area contributed by atoms with Gasteiger partial charge in [-0.1, -0.05) is 70.5 Å². The second-order valence-corrected chi connectivity index (χ2v) is 9.17. The highest BCUT2D eigenvalue weighted by molar-refractivity contribution is 6.35. The molecule has 2 heterocycles. The van der Waals surface area contributed by atoms with Gasteiger partial charge < -0.3 is 0 Å². The maximum absolute atomic E-state index is 4.04. The molecule has 2 aliphatic heterocycles. The monoisotopic (exact) mass is 373 g/mol. The van der Waals surface area contributed by atoms with Crippen molar-refractivity contribution in [1.29, 1.82) is 0 Å². The Morgan fingerprint density at radius 2 is 1.48 bits per heavy atom. The first-order chi connectivity index (χ1) is 13.4. The van der Waals surface area contributed by atoms with Crippen molar-refractivity contribution in [2.45, 2.75) is 108 Å². The minimum absolute atomic E-state index is 0.0158. The molecule has 0 aliphatic carbocycles. The molecule has 154 valence electrons. The smallest absolute Gasteiger partial charge is 0.126 e. The fourth-order valence-electron chi connectivity index (χ4n) is 5.05. The molecule has 0 aromatic carbocycles. The molecule has 0 aromatic rings. The van der Waals surface area contributed by atoms with Gasteiger partial charge in [-0.25, -0.2) is 0 Å². The van der Waals surface area contributed by atoms with Crippen molar-refractivity contribution in [3.8, 4) is 0 Å². The number of hydrogen-bond acceptors (Lipinski definition) is 3. The van der Waals surface area contributed by atoms with Crippen LogP contribution in [-0.4, -0.2) is 47.3 Å². The lowest BCUT2D eigenvalue weighted by atomic mass is 9.66. The Morgan fingerprint density at radius 3 is 2.11 bits per heavy atom. The molecule has 6 heteroatoms. The second-order valence-electron chi connectivity index (χ2n) is 9.17. The molecule has 3 nitrogen and oxygen atoms in total. The van der Waals surface area contributed by atoms with Crippen LogP contribution in [0.15, 0.2) is 0 Å². The molecule has 0 spiro atoms. The Labute approximate surface area is 172 Å². The highest BCUT2D eigenvalue weighted by atomic mass is 15.4. The summed E-state index contributed by atoms with van der Waals surface area (Å²) in [6.45, 7) is 5.78. The summed E-state index contributed by atoms with van der Waals surface area (Å²) in [5.41, 5.74) is 0. The summed E-state index contributed by atoms with van der Waals surface area (Å²) in [7, 11) is 4.27. The van der Waals surface area contributed by atoms with Crippen LogP contribution in [0, 0.1) is 5.92 Å². The van der Waals surface area contributed by atoms with E-state index in [1.165, 1.54) is 118 Å². The van der Waals surface area contributed by atoms with E-state index in [0.717, 1.165) is 25.6 Å². The Balaban J connectivity index is 1.94. The minimum Gasteiger partial charge on any atom is -0.287 e. The summed E-state index contributed by atoms with van der Waals surface area (Å²) in [6.07, 6.45) is 20.8. The largest absolute Gasteiger partial charge is 0.287 e. The van der Waals surface area contributed by atoms with E-state index in [1.54, 1.807) is 0 Å². The van der Waals surface area contributed by atoms with Gasteiger partial charge in [0.05, 0.1) is 0 Å². The zero-order valence-electron chi connectivity index (χ0n) is 18.4. The van der Waals surface area contributed by atoms with Crippen molar-refractivity contribution < 1.29 is 0 Å². The number of fused-ring (bicyclic) bond motifs is 1. The second kappa shape index (κ2) is 15.0. The molecule has 0 bridgehead atoms. The molecule has 0 atom stereocenters. The maximum Gasteiger partial charge on any atom is 0.126 e. The maximum atomic E-state index is 4.04. The molecule has 27 heavy (non-hydrogen) atoms. The van der Waals surface area contributed by atoms with Gasteiger partial charge in [0, 0.05) is 5.92 Å². The van der Waals surface area contributed by atoms with Crippen LogP contribution in [0.1, 0.15) is 64.7 Å². The lowest BCUT2D eigenvalue weighted by molar-refractivity contribution is 0.0959. The Bertz CT molecular complexity index is 338. The average Bonchev–Trinajstić information content (AvgIpc) is 2.69. The molecule has 0 radical (unpaired) electrons. The molecule has 0 aromatic heterocycles. The van der Waals surface area contributed by atoms with E-state index >= 15 is 0 Å². The highest BCUT2D eigenvalue weighted by Crippen LogP contribution is 2.27. The van der Waals surface area contributed by atoms with E-state index in [0.29, 0.717) is 0 Å². The van der Waals surface area contributed by atoms with Crippen LogP contribution < -0.4 is 16.0 Å². The normalized spacial score (nSPS) is 28.3. The van der Waals surface area contributed by atoms with Gasteiger partial charge in [-0.05, 0) is 51.7 Å². The summed E-state index contributed by atoms with van der Waals surface area (Å²) in [4.78, 5) is 0. The molecular formula is C21H46B3N3. The molecule has 3 N–H and O–H groups in total. The lowest BCUT2D eigenvalue weighted by Crippen LogP contribution is -2.71. The first kappa shape index (κ1) is 23.4. The number of rotatable bonds is 8. The van der Waals surface area contributed by atoms with E-state index in [-0.39, 0.29) is 5.79 Å². The fourth-order valence-corrected chi connectivity index (χ4v) is 5.05. The van der Waals surface area contributed by atoms with Crippen molar-refractivity contribution >= 4 is 21.8 Å². The molecule has 0 unspecified atom stereocenters. The van der Waals surface area contributed by atoms with E-state index in [1.807, 2.05) is 0 Å². The van der Waals surface area contributed by atoms with E-state index in [4.69, 9.17) is 0 Å². The van der Waals surface area contributed by atoms with Gasteiger partial charge in [0.15, 0.2) is 0 Å². The fraction of sp³-hybridized carbons (Fsp3) is 1.00. The molecule has 2 saturated heterocycles. The van der Waals surface area contributed by atoms with Crippen molar-refractivity contribution in [3.63, 3.8) is 0 Å². The molecule has 2 fully saturated rings. The van der Waals surface area contributed by atoms with Crippen LogP contribution in [-0.2, 0) is 0 Å². The van der Waals surface area contributed by atoms with Gasteiger partial charge in [-0.2, -0.15) is 0 Å². The Hall–Kier alpha value is 0.0748. The standard InChI is InChI=1S/C21H46B3N3/c1-2-3-11-22-14-6-17-25-21-20(9-4-12-23-15-7-18-26-21)10-5-13-24-16-8-19-27-21/h20,22-27H,2-19H2,1H3.